The molecule has 2 aromatic carbocycles. The second kappa shape index (κ2) is 6.17. The molecule has 2 N–H and O–H groups in total. The molecule has 0 aliphatic rings. The Morgan fingerprint density at radius 3 is 1.86 bits per heavy atom. The van der Waals surface area contributed by atoms with Crippen LogP contribution in [0.5, 0.6) is 0 Å². The van der Waals surface area contributed by atoms with Crippen molar-refractivity contribution in [2.45, 2.75) is 20.3 Å². The maximum atomic E-state index is 11.7. The molecule has 0 saturated carbocycles. The minimum Gasteiger partial charge on any atom is -0.326 e. The van der Waals surface area contributed by atoms with E-state index in [-0.39, 0.29) is 24.0 Å². The van der Waals surface area contributed by atoms with Crippen LogP contribution >= 0.6 is 0 Å². The van der Waals surface area contributed by atoms with Crippen molar-refractivity contribution in [1.29, 1.82) is 0 Å². The summed E-state index contributed by atoms with van der Waals surface area (Å²) < 4.78 is 0. The van der Waals surface area contributed by atoms with Gasteiger partial charge in [-0.25, -0.2) is 0 Å². The number of hydrogen-bond donors (Lipinski definition) is 2. The highest BCUT2D eigenvalue weighted by molar-refractivity contribution is 6.11. The molecule has 0 atom stereocenters. The second-order valence-corrected chi connectivity index (χ2v) is 4.81. The van der Waals surface area contributed by atoms with Gasteiger partial charge in [-0.3, -0.25) is 14.4 Å². The van der Waals surface area contributed by atoms with Crippen molar-refractivity contribution in [3.63, 3.8) is 0 Å². The van der Waals surface area contributed by atoms with Crippen LogP contribution < -0.4 is 10.6 Å². The Kier molecular flexibility index (Phi) is 4.33. The van der Waals surface area contributed by atoms with E-state index in [9.17, 15) is 14.4 Å². The van der Waals surface area contributed by atoms with Gasteiger partial charge in [-0.15, -0.1) is 0 Å². The van der Waals surface area contributed by atoms with Gasteiger partial charge in [0.15, 0.2) is 0 Å². The average Bonchev–Trinajstić information content (AvgIpc) is 2.40. The monoisotopic (exact) mass is 284 g/mol. The lowest BCUT2D eigenvalue weighted by Gasteiger charge is -2.12. The summed E-state index contributed by atoms with van der Waals surface area (Å²) in [7, 11) is 0. The molecule has 0 aliphatic carbocycles. The predicted octanol–water partition coefficient (Wildman–Crippen LogP) is 2.72. The fourth-order valence-electron chi connectivity index (χ4n) is 2.13. The third kappa shape index (κ3) is 3.66. The minimum absolute atomic E-state index is 0.151. The number of carbonyl (C=O) groups is 3. The summed E-state index contributed by atoms with van der Waals surface area (Å²) in [4.78, 5) is 33.9. The van der Waals surface area contributed by atoms with E-state index >= 15 is 0 Å². The summed E-state index contributed by atoms with van der Waals surface area (Å²) >= 11 is 0. The molecule has 108 valence electrons. The molecular weight excluding hydrogens is 268 g/mol. The van der Waals surface area contributed by atoms with E-state index in [1.165, 1.54) is 13.8 Å². The van der Waals surface area contributed by atoms with Gasteiger partial charge in [-0.1, -0.05) is 24.3 Å². The molecule has 5 nitrogen and oxygen atoms in total. The number of rotatable bonds is 4. The Morgan fingerprint density at radius 1 is 0.857 bits per heavy atom. The minimum atomic E-state index is -0.347. The molecule has 2 aromatic rings. The van der Waals surface area contributed by atoms with E-state index in [1.54, 1.807) is 12.1 Å². The molecule has 2 rings (SSSR count). The Morgan fingerprint density at radius 2 is 1.38 bits per heavy atom. The van der Waals surface area contributed by atoms with Gasteiger partial charge in [0.25, 0.3) is 0 Å². The second-order valence-electron chi connectivity index (χ2n) is 4.81. The lowest BCUT2D eigenvalue weighted by atomic mass is 10.1. The first kappa shape index (κ1) is 14.7. The first-order valence-electron chi connectivity index (χ1n) is 6.56. The number of carbonyl (C=O) groups excluding carboxylic acids is 3. The number of fused-ring (bicyclic) bond motifs is 1. The molecule has 0 aromatic heterocycles. The average molecular weight is 284 g/mol. The molecule has 5 heteroatoms. The molecule has 0 bridgehead atoms. The molecular formula is C16H16N2O3. The largest absolute Gasteiger partial charge is 0.326 e. The van der Waals surface area contributed by atoms with Crippen LogP contribution in [0.3, 0.4) is 0 Å². The van der Waals surface area contributed by atoms with Crippen molar-refractivity contribution in [2.24, 2.45) is 0 Å². The number of ketones is 1. The van der Waals surface area contributed by atoms with Crippen molar-refractivity contribution in [1.82, 2.24) is 0 Å². The van der Waals surface area contributed by atoms with Crippen molar-refractivity contribution in [3.05, 3.63) is 36.4 Å². The van der Waals surface area contributed by atoms with Crippen LogP contribution in [-0.2, 0) is 14.4 Å². The smallest absolute Gasteiger partial charge is 0.231 e. The van der Waals surface area contributed by atoms with E-state index in [4.69, 9.17) is 0 Å². The van der Waals surface area contributed by atoms with Crippen molar-refractivity contribution < 1.29 is 14.4 Å². The van der Waals surface area contributed by atoms with E-state index in [2.05, 4.69) is 10.6 Å². The Balaban J connectivity index is 2.40. The highest BCUT2D eigenvalue weighted by Crippen LogP contribution is 2.30. The van der Waals surface area contributed by atoms with Crippen molar-refractivity contribution in [2.75, 3.05) is 10.6 Å². The van der Waals surface area contributed by atoms with Gasteiger partial charge in [0.2, 0.25) is 11.8 Å². The third-order valence-electron chi connectivity index (χ3n) is 2.92. The third-order valence-corrected chi connectivity index (χ3v) is 2.92. The summed E-state index contributed by atoms with van der Waals surface area (Å²) in [6.07, 6.45) is -0.151. The topological polar surface area (TPSA) is 75.3 Å². The first-order valence-corrected chi connectivity index (χ1v) is 6.56. The van der Waals surface area contributed by atoms with Gasteiger partial charge in [0, 0.05) is 29.1 Å². The van der Waals surface area contributed by atoms with Gasteiger partial charge >= 0.3 is 0 Å². The van der Waals surface area contributed by atoms with Crippen molar-refractivity contribution in [3.8, 4) is 0 Å². The van der Waals surface area contributed by atoms with Gasteiger partial charge < -0.3 is 10.6 Å². The molecule has 0 fully saturated rings. The van der Waals surface area contributed by atoms with Crippen LogP contribution in [0.2, 0.25) is 0 Å². The normalized spacial score (nSPS) is 10.2. The number of anilines is 2. The number of benzene rings is 2. The molecule has 0 spiro atoms. The molecule has 0 saturated heterocycles. The Bertz CT molecular complexity index is 723. The van der Waals surface area contributed by atoms with E-state index < -0.39 is 0 Å². The lowest BCUT2D eigenvalue weighted by molar-refractivity contribution is -0.124. The maximum absolute atomic E-state index is 11.7. The standard InChI is InChI=1S/C16H16N2O3/c1-10(19)9-16(21)18-15-8-7-14(17-11(2)20)12-5-3-4-6-13(12)15/h3-8H,9H2,1-2H3,(H,17,20)(H,18,21). The lowest BCUT2D eigenvalue weighted by Crippen LogP contribution is -2.15. The summed E-state index contributed by atoms with van der Waals surface area (Å²) in [6, 6.07) is 10.9. The number of hydrogen-bond acceptors (Lipinski definition) is 3. The number of Topliss-reactive ketones (excluding diaryl/α,β-unsaturated/α-hetero) is 1. The van der Waals surface area contributed by atoms with E-state index in [1.807, 2.05) is 24.3 Å². The quantitative estimate of drug-likeness (QED) is 0.848. The zero-order valence-corrected chi connectivity index (χ0v) is 11.9. The fraction of sp³-hybridized carbons (Fsp3) is 0.188. The molecule has 0 aliphatic heterocycles. The zero-order chi connectivity index (χ0) is 15.4. The molecule has 21 heavy (non-hydrogen) atoms. The molecule has 2 amide bonds. The van der Waals surface area contributed by atoms with E-state index in [0.717, 1.165) is 10.8 Å². The van der Waals surface area contributed by atoms with Crippen LogP contribution in [-0.4, -0.2) is 17.6 Å². The zero-order valence-electron chi connectivity index (χ0n) is 11.9. The summed E-state index contributed by atoms with van der Waals surface area (Å²) in [6.45, 7) is 2.81. The van der Waals surface area contributed by atoms with Crippen molar-refractivity contribution >= 4 is 39.7 Å². The Hall–Kier alpha value is -2.69. The van der Waals surface area contributed by atoms with Gasteiger partial charge in [-0.05, 0) is 19.1 Å². The van der Waals surface area contributed by atoms with Crippen LogP contribution in [0.4, 0.5) is 11.4 Å². The van der Waals surface area contributed by atoms with Gasteiger partial charge in [-0.2, -0.15) is 0 Å². The Labute approximate surface area is 122 Å². The highest BCUT2D eigenvalue weighted by Gasteiger charge is 2.10. The van der Waals surface area contributed by atoms with Crippen LogP contribution in [0.1, 0.15) is 20.3 Å². The summed E-state index contributed by atoms with van der Waals surface area (Å²) in [5, 5.41) is 7.11. The number of amides is 2. The van der Waals surface area contributed by atoms with Crippen LogP contribution in [0, 0.1) is 0 Å². The maximum Gasteiger partial charge on any atom is 0.231 e. The first-order chi connectivity index (χ1) is 9.97. The molecule has 0 unspecified atom stereocenters. The van der Waals surface area contributed by atoms with Crippen LogP contribution in [0.15, 0.2) is 36.4 Å². The predicted molar refractivity (Wildman–Crippen MR) is 82.2 cm³/mol. The fourth-order valence-corrected chi connectivity index (χ4v) is 2.13. The molecule has 0 radical (unpaired) electrons. The summed E-state index contributed by atoms with van der Waals surface area (Å²) in [5.74, 6) is -0.694. The summed E-state index contributed by atoms with van der Waals surface area (Å²) in [5.41, 5.74) is 1.30. The van der Waals surface area contributed by atoms with Crippen LogP contribution in [0.25, 0.3) is 10.8 Å². The number of nitrogens with one attached hydrogen (secondary N) is 2. The molecule has 0 heterocycles. The van der Waals surface area contributed by atoms with E-state index in [0.29, 0.717) is 11.4 Å². The van der Waals surface area contributed by atoms with Gasteiger partial charge in [0.05, 0.1) is 6.42 Å². The SMILES string of the molecule is CC(=O)CC(=O)Nc1ccc(NC(C)=O)c2ccccc12. The van der Waals surface area contributed by atoms with Gasteiger partial charge in [0.1, 0.15) is 5.78 Å². The highest BCUT2D eigenvalue weighted by atomic mass is 16.2.